The molecule has 4 rings (SSSR count). The summed E-state index contributed by atoms with van der Waals surface area (Å²) in [6.07, 6.45) is 5.93. The Balaban J connectivity index is 1.66. The number of phenolic OH excluding ortho intramolecular Hbond substituents is 1. The Morgan fingerprint density at radius 2 is 1.65 bits per heavy atom. The number of hydrogen-bond acceptors (Lipinski definition) is 4. The second kappa shape index (κ2) is 9.79. The number of carbonyl (C=O) groups excluding carboxylic acids is 1. The molecule has 1 aliphatic carbocycles. The van der Waals surface area contributed by atoms with Gasteiger partial charge in [-0.25, -0.2) is 5.43 Å². The van der Waals surface area contributed by atoms with Gasteiger partial charge in [0.1, 0.15) is 10.8 Å². The maximum absolute atomic E-state index is 13.4. The number of hydrazone groups is 1. The number of rotatable bonds is 6. The number of fused-ring (bicyclic) bond motifs is 1. The quantitative estimate of drug-likeness (QED) is 0.305. The van der Waals surface area contributed by atoms with E-state index < -0.39 is 0 Å². The number of aromatic hydroxyl groups is 1. The normalized spacial score (nSPS) is 13.8. The van der Waals surface area contributed by atoms with E-state index in [1.54, 1.807) is 17.6 Å². The number of aromatic nitrogens is 1. The summed E-state index contributed by atoms with van der Waals surface area (Å²) in [5, 5.41) is 16.0. The molecule has 0 spiro atoms. The first-order valence-corrected chi connectivity index (χ1v) is 13.0. The lowest BCUT2D eigenvalue weighted by molar-refractivity contribution is 0.0954. The SMILES string of the molecule is Cc1ccc(C)n1-c1sc2c(c1C(=O)N/N=C\c1cc(C(C)C)c(O)c(C(C)C)c1)CCCC2. The maximum Gasteiger partial charge on any atom is 0.274 e. The molecule has 0 bridgehead atoms. The van der Waals surface area contributed by atoms with Crippen LogP contribution in [0.4, 0.5) is 0 Å². The molecule has 1 amide bonds. The van der Waals surface area contributed by atoms with Gasteiger partial charge in [-0.3, -0.25) is 4.79 Å². The van der Waals surface area contributed by atoms with Gasteiger partial charge in [-0.15, -0.1) is 11.3 Å². The molecule has 2 aromatic heterocycles. The molecule has 180 valence electrons. The number of amides is 1. The Kier molecular flexibility index (Phi) is 6.99. The summed E-state index contributed by atoms with van der Waals surface area (Å²) in [4.78, 5) is 14.8. The molecule has 3 aromatic rings. The molecule has 0 saturated carbocycles. The Morgan fingerprint density at radius 3 is 2.24 bits per heavy atom. The van der Waals surface area contributed by atoms with Crippen LogP contribution in [-0.2, 0) is 12.8 Å². The number of thiophene rings is 1. The van der Waals surface area contributed by atoms with Crippen LogP contribution < -0.4 is 5.43 Å². The summed E-state index contributed by atoms with van der Waals surface area (Å²) in [5.74, 6) is 0.574. The van der Waals surface area contributed by atoms with Crippen LogP contribution in [0.2, 0.25) is 0 Å². The van der Waals surface area contributed by atoms with Gasteiger partial charge in [0.05, 0.1) is 11.8 Å². The minimum Gasteiger partial charge on any atom is -0.507 e. The van der Waals surface area contributed by atoms with E-state index in [0.717, 1.165) is 57.9 Å². The van der Waals surface area contributed by atoms with Crippen LogP contribution in [0.1, 0.15) is 101 Å². The van der Waals surface area contributed by atoms with Crippen molar-refractivity contribution < 1.29 is 9.90 Å². The second-order valence-corrected chi connectivity index (χ2v) is 11.0. The molecule has 2 N–H and O–H groups in total. The van der Waals surface area contributed by atoms with Gasteiger partial charge in [-0.2, -0.15) is 5.10 Å². The number of nitrogens with zero attached hydrogens (tertiary/aromatic N) is 2. The lowest BCUT2D eigenvalue weighted by atomic mass is 9.92. The van der Waals surface area contributed by atoms with Crippen molar-refractivity contribution in [2.24, 2.45) is 5.10 Å². The fourth-order valence-corrected chi connectivity index (χ4v) is 6.32. The third-order valence-corrected chi connectivity index (χ3v) is 7.95. The van der Waals surface area contributed by atoms with E-state index in [9.17, 15) is 9.90 Å². The zero-order valence-corrected chi connectivity index (χ0v) is 21.8. The van der Waals surface area contributed by atoms with Crippen molar-refractivity contribution >= 4 is 23.5 Å². The van der Waals surface area contributed by atoms with E-state index >= 15 is 0 Å². The van der Waals surface area contributed by atoms with Crippen LogP contribution in [0.25, 0.3) is 5.00 Å². The van der Waals surface area contributed by atoms with Crippen LogP contribution in [0.15, 0.2) is 29.4 Å². The molecule has 0 saturated heterocycles. The Morgan fingerprint density at radius 1 is 1.06 bits per heavy atom. The highest BCUT2D eigenvalue weighted by Gasteiger charge is 2.27. The highest BCUT2D eigenvalue weighted by atomic mass is 32.1. The van der Waals surface area contributed by atoms with Gasteiger partial charge >= 0.3 is 0 Å². The molecule has 0 fully saturated rings. The van der Waals surface area contributed by atoms with Crippen molar-refractivity contribution in [2.75, 3.05) is 0 Å². The molecule has 34 heavy (non-hydrogen) atoms. The first kappa shape index (κ1) is 24.3. The Hall–Kier alpha value is -2.86. The van der Waals surface area contributed by atoms with Crippen LogP contribution in [0, 0.1) is 13.8 Å². The molecular formula is C28H35N3O2S. The molecule has 5 nitrogen and oxygen atoms in total. The lowest BCUT2D eigenvalue weighted by Crippen LogP contribution is -2.21. The van der Waals surface area contributed by atoms with Gasteiger partial charge in [0.15, 0.2) is 0 Å². The molecule has 1 aliphatic rings. The standard InChI is InChI=1S/C28H35N3O2S/c1-16(2)22-13-20(14-23(17(3)4)26(22)32)15-29-30-27(33)25-21-9-7-8-10-24(21)34-28(25)31-18(5)11-12-19(31)6/h11-17,32H,7-10H2,1-6H3,(H,30,33)/b29-15-. The van der Waals surface area contributed by atoms with Crippen LogP contribution in [0.3, 0.4) is 0 Å². The van der Waals surface area contributed by atoms with Crippen LogP contribution in [0.5, 0.6) is 5.75 Å². The summed E-state index contributed by atoms with van der Waals surface area (Å²) >= 11 is 1.74. The minimum absolute atomic E-state index is 0.162. The molecule has 6 heteroatoms. The summed E-state index contributed by atoms with van der Waals surface area (Å²) < 4.78 is 2.19. The first-order valence-electron chi connectivity index (χ1n) is 12.2. The van der Waals surface area contributed by atoms with Crippen molar-refractivity contribution in [2.45, 2.75) is 79.1 Å². The Labute approximate surface area is 206 Å². The van der Waals surface area contributed by atoms with Crippen molar-refractivity contribution in [1.82, 2.24) is 9.99 Å². The predicted molar refractivity (Wildman–Crippen MR) is 141 cm³/mol. The predicted octanol–water partition coefficient (Wildman–Crippen LogP) is 6.75. The van der Waals surface area contributed by atoms with Crippen LogP contribution in [-0.4, -0.2) is 21.8 Å². The largest absolute Gasteiger partial charge is 0.507 e. The number of carbonyl (C=O) groups is 1. The lowest BCUT2D eigenvalue weighted by Gasteiger charge is -2.16. The van der Waals surface area contributed by atoms with E-state index in [-0.39, 0.29) is 17.7 Å². The fourth-order valence-electron chi connectivity index (χ4n) is 4.81. The van der Waals surface area contributed by atoms with Crippen molar-refractivity contribution in [3.8, 4) is 10.8 Å². The van der Waals surface area contributed by atoms with E-state index in [0.29, 0.717) is 5.75 Å². The zero-order chi connectivity index (χ0) is 24.6. The van der Waals surface area contributed by atoms with Crippen LogP contribution >= 0.6 is 11.3 Å². The number of nitrogens with one attached hydrogen (secondary N) is 1. The highest BCUT2D eigenvalue weighted by Crippen LogP contribution is 2.38. The van der Waals surface area contributed by atoms with Gasteiger partial charge in [0, 0.05) is 16.3 Å². The smallest absolute Gasteiger partial charge is 0.274 e. The summed E-state index contributed by atoms with van der Waals surface area (Å²) in [6, 6.07) is 8.09. The number of hydrogen-bond donors (Lipinski definition) is 2. The average Bonchev–Trinajstić information content (AvgIpc) is 3.33. The van der Waals surface area contributed by atoms with E-state index in [1.807, 2.05) is 12.1 Å². The Bertz CT molecular complexity index is 1200. The van der Waals surface area contributed by atoms with E-state index in [1.165, 1.54) is 16.9 Å². The first-order chi connectivity index (χ1) is 16.2. The molecule has 1 aromatic carbocycles. The van der Waals surface area contributed by atoms with Crippen molar-refractivity contribution in [1.29, 1.82) is 0 Å². The highest BCUT2D eigenvalue weighted by molar-refractivity contribution is 7.15. The molecular weight excluding hydrogens is 442 g/mol. The fraction of sp³-hybridized carbons (Fsp3) is 0.429. The third-order valence-electron chi connectivity index (χ3n) is 6.67. The van der Waals surface area contributed by atoms with Crippen molar-refractivity contribution in [3.05, 3.63) is 68.3 Å². The third kappa shape index (κ3) is 4.56. The topological polar surface area (TPSA) is 66.6 Å². The van der Waals surface area contributed by atoms with Gasteiger partial charge in [-0.1, -0.05) is 27.7 Å². The summed E-state index contributed by atoms with van der Waals surface area (Å²) in [6.45, 7) is 12.4. The van der Waals surface area contributed by atoms with E-state index in [2.05, 4.69) is 68.8 Å². The molecule has 0 radical (unpaired) electrons. The molecule has 0 aliphatic heterocycles. The molecule has 0 unspecified atom stereocenters. The summed E-state index contributed by atoms with van der Waals surface area (Å²) in [5.41, 5.74) is 9.65. The number of aryl methyl sites for hydroxylation is 3. The van der Waals surface area contributed by atoms with Crippen molar-refractivity contribution in [3.63, 3.8) is 0 Å². The minimum atomic E-state index is -0.162. The monoisotopic (exact) mass is 477 g/mol. The van der Waals surface area contributed by atoms with Gasteiger partial charge in [-0.05, 0) is 97.9 Å². The number of phenols is 1. The second-order valence-electron chi connectivity index (χ2n) is 9.90. The molecule has 0 atom stereocenters. The summed E-state index contributed by atoms with van der Waals surface area (Å²) in [7, 11) is 0. The number of benzene rings is 1. The zero-order valence-electron chi connectivity index (χ0n) is 21.0. The average molecular weight is 478 g/mol. The maximum atomic E-state index is 13.4. The molecule has 2 heterocycles. The van der Waals surface area contributed by atoms with Gasteiger partial charge in [0.2, 0.25) is 0 Å². The van der Waals surface area contributed by atoms with E-state index in [4.69, 9.17) is 0 Å². The van der Waals surface area contributed by atoms with Gasteiger partial charge in [0.25, 0.3) is 5.91 Å². The van der Waals surface area contributed by atoms with Gasteiger partial charge < -0.3 is 9.67 Å².